The first-order valence-electron chi connectivity index (χ1n) is 6.56. The maximum atomic E-state index is 12.1. The molecule has 0 saturated carbocycles. The monoisotopic (exact) mass is 367 g/mol. The number of thiophene rings is 1. The van der Waals surface area contributed by atoms with Crippen LogP contribution in [0.3, 0.4) is 0 Å². The van der Waals surface area contributed by atoms with Crippen molar-refractivity contribution >= 4 is 38.9 Å². The van der Waals surface area contributed by atoms with Crippen molar-refractivity contribution in [1.29, 1.82) is 0 Å². The molecular formula is C16H18BrNO2S. The number of ether oxygens (including phenoxy) is 1. The molecule has 1 heterocycles. The highest BCUT2D eigenvalue weighted by atomic mass is 79.9. The number of halogens is 1. The topological polar surface area (TPSA) is 52.3 Å². The molecule has 0 atom stereocenters. The van der Waals surface area contributed by atoms with Gasteiger partial charge in [-0.25, -0.2) is 4.79 Å². The number of carbonyl (C=O) groups excluding carboxylic acids is 1. The Morgan fingerprint density at radius 1 is 1.29 bits per heavy atom. The Hall–Kier alpha value is -1.33. The van der Waals surface area contributed by atoms with Gasteiger partial charge in [0.2, 0.25) is 0 Å². The second-order valence-corrected chi connectivity index (χ2v) is 7.77. The summed E-state index contributed by atoms with van der Waals surface area (Å²) in [6.45, 7) is 7.55. The second kappa shape index (κ2) is 5.81. The molecule has 0 aliphatic heterocycles. The average Bonchev–Trinajstić information content (AvgIpc) is 2.73. The highest BCUT2D eigenvalue weighted by molar-refractivity contribution is 9.10. The van der Waals surface area contributed by atoms with E-state index in [0.29, 0.717) is 10.6 Å². The number of hydrogen-bond donors (Lipinski definition) is 1. The molecule has 2 N–H and O–H groups in total. The van der Waals surface area contributed by atoms with Crippen molar-refractivity contribution in [1.82, 2.24) is 0 Å². The normalized spacial score (nSPS) is 11.5. The van der Waals surface area contributed by atoms with Crippen LogP contribution in [0, 0.1) is 6.92 Å². The van der Waals surface area contributed by atoms with Crippen LogP contribution >= 0.6 is 27.3 Å². The molecule has 0 aliphatic rings. The number of nitrogen functional groups attached to an aromatic ring is 1. The SMILES string of the molecule is Cc1ccc(-c2cc(N)c(C(=O)OC(C)(C)C)s2)cc1Br. The number of hydrogen-bond acceptors (Lipinski definition) is 4. The number of nitrogens with two attached hydrogens (primary N) is 1. The number of benzene rings is 1. The third-order valence-electron chi connectivity index (χ3n) is 2.80. The highest BCUT2D eigenvalue weighted by Gasteiger charge is 2.22. The van der Waals surface area contributed by atoms with E-state index in [1.54, 1.807) is 0 Å². The molecule has 2 aromatic rings. The van der Waals surface area contributed by atoms with E-state index in [-0.39, 0.29) is 5.97 Å². The third-order valence-corrected chi connectivity index (χ3v) is 4.84. The van der Waals surface area contributed by atoms with E-state index < -0.39 is 5.60 Å². The van der Waals surface area contributed by atoms with Crippen molar-refractivity contribution in [2.24, 2.45) is 0 Å². The van der Waals surface area contributed by atoms with Gasteiger partial charge in [-0.15, -0.1) is 11.3 Å². The van der Waals surface area contributed by atoms with Gasteiger partial charge >= 0.3 is 5.97 Å². The molecule has 0 spiro atoms. The van der Waals surface area contributed by atoms with E-state index in [4.69, 9.17) is 10.5 Å². The zero-order valence-electron chi connectivity index (χ0n) is 12.5. The van der Waals surface area contributed by atoms with E-state index in [1.165, 1.54) is 11.3 Å². The first-order valence-corrected chi connectivity index (χ1v) is 8.17. The largest absolute Gasteiger partial charge is 0.456 e. The third kappa shape index (κ3) is 3.86. The zero-order chi connectivity index (χ0) is 15.8. The van der Waals surface area contributed by atoms with Crippen LogP contribution in [0.1, 0.15) is 36.0 Å². The first-order chi connectivity index (χ1) is 9.67. The van der Waals surface area contributed by atoms with Crippen LogP contribution in [-0.4, -0.2) is 11.6 Å². The molecule has 1 aromatic heterocycles. The Morgan fingerprint density at radius 2 is 1.95 bits per heavy atom. The molecule has 1 aromatic carbocycles. The fourth-order valence-corrected chi connectivity index (χ4v) is 3.11. The van der Waals surface area contributed by atoms with Crippen LogP contribution in [-0.2, 0) is 4.74 Å². The quantitative estimate of drug-likeness (QED) is 0.757. The molecule has 2 rings (SSSR count). The summed E-state index contributed by atoms with van der Waals surface area (Å²) < 4.78 is 6.41. The molecule has 0 amide bonds. The lowest BCUT2D eigenvalue weighted by Crippen LogP contribution is -2.23. The first kappa shape index (κ1) is 16.0. The fraction of sp³-hybridized carbons (Fsp3) is 0.312. The van der Waals surface area contributed by atoms with Gasteiger partial charge in [0.1, 0.15) is 10.5 Å². The molecule has 0 radical (unpaired) electrons. The van der Waals surface area contributed by atoms with Gasteiger partial charge in [-0.05, 0) is 51.0 Å². The summed E-state index contributed by atoms with van der Waals surface area (Å²) >= 11 is 4.87. The Balaban J connectivity index is 2.34. The standard InChI is InChI=1S/C16H18BrNO2S/c1-9-5-6-10(7-11(9)17)13-8-12(18)14(21-13)15(19)20-16(2,3)4/h5-8H,18H2,1-4H3. The van der Waals surface area contributed by atoms with Gasteiger partial charge in [0, 0.05) is 9.35 Å². The smallest absolute Gasteiger partial charge is 0.350 e. The summed E-state index contributed by atoms with van der Waals surface area (Å²) in [6, 6.07) is 7.90. The summed E-state index contributed by atoms with van der Waals surface area (Å²) in [4.78, 5) is 13.6. The Kier molecular flexibility index (Phi) is 4.44. The summed E-state index contributed by atoms with van der Waals surface area (Å²) in [6.07, 6.45) is 0. The van der Waals surface area contributed by atoms with Crippen LogP contribution < -0.4 is 5.73 Å². The van der Waals surface area contributed by atoms with E-state index in [0.717, 1.165) is 20.5 Å². The van der Waals surface area contributed by atoms with E-state index in [9.17, 15) is 4.79 Å². The van der Waals surface area contributed by atoms with Crippen LogP contribution in [0.15, 0.2) is 28.7 Å². The number of rotatable bonds is 2. The predicted octanol–water partition coefficient (Wildman–Crippen LogP) is 5.02. The van der Waals surface area contributed by atoms with E-state index in [1.807, 2.05) is 52.0 Å². The Morgan fingerprint density at radius 3 is 2.52 bits per heavy atom. The molecule has 0 bridgehead atoms. The van der Waals surface area contributed by atoms with Crippen molar-refractivity contribution in [3.8, 4) is 10.4 Å². The van der Waals surface area contributed by atoms with Gasteiger partial charge in [0.15, 0.2) is 0 Å². The van der Waals surface area contributed by atoms with Gasteiger partial charge in [-0.3, -0.25) is 0 Å². The minimum absolute atomic E-state index is 0.373. The lowest BCUT2D eigenvalue weighted by Gasteiger charge is -2.18. The summed E-state index contributed by atoms with van der Waals surface area (Å²) in [5.41, 5.74) is 8.09. The highest BCUT2D eigenvalue weighted by Crippen LogP contribution is 2.35. The van der Waals surface area contributed by atoms with Gasteiger partial charge in [-0.2, -0.15) is 0 Å². The molecule has 21 heavy (non-hydrogen) atoms. The molecule has 112 valence electrons. The molecular weight excluding hydrogens is 350 g/mol. The number of carbonyl (C=O) groups is 1. The van der Waals surface area contributed by atoms with Gasteiger partial charge < -0.3 is 10.5 Å². The van der Waals surface area contributed by atoms with Gasteiger partial charge in [0.05, 0.1) is 5.69 Å². The van der Waals surface area contributed by atoms with E-state index >= 15 is 0 Å². The van der Waals surface area contributed by atoms with Gasteiger partial charge in [0.25, 0.3) is 0 Å². The maximum Gasteiger partial charge on any atom is 0.350 e. The molecule has 0 fully saturated rings. The lowest BCUT2D eigenvalue weighted by atomic mass is 10.1. The second-order valence-electron chi connectivity index (χ2n) is 5.86. The zero-order valence-corrected chi connectivity index (χ0v) is 14.9. The molecule has 0 aliphatic carbocycles. The summed E-state index contributed by atoms with van der Waals surface area (Å²) in [5.74, 6) is -0.373. The van der Waals surface area contributed by atoms with Crippen LogP contribution in [0.5, 0.6) is 0 Å². The average molecular weight is 368 g/mol. The Labute approximate surface area is 137 Å². The van der Waals surface area contributed by atoms with Gasteiger partial charge in [-0.1, -0.05) is 28.1 Å². The van der Waals surface area contributed by atoms with Crippen molar-refractivity contribution < 1.29 is 9.53 Å². The molecule has 0 saturated heterocycles. The molecule has 3 nitrogen and oxygen atoms in total. The van der Waals surface area contributed by atoms with Crippen LogP contribution in [0.2, 0.25) is 0 Å². The lowest BCUT2D eigenvalue weighted by molar-refractivity contribution is 0.00764. The van der Waals surface area contributed by atoms with Crippen molar-refractivity contribution in [2.75, 3.05) is 5.73 Å². The van der Waals surface area contributed by atoms with Crippen LogP contribution in [0.4, 0.5) is 5.69 Å². The maximum absolute atomic E-state index is 12.1. The molecule has 5 heteroatoms. The summed E-state index contributed by atoms with van der Waals surface area (Å²) in [7, 11) is 0. The number of aryl methyl sites for hydroxylation is 1. The molecule has 0 unspecified atom stereocenters. The minimum Gasteiger partial charge on any atom is -0.456 e. The van der Waals surface area contributed by atoms with Crippen molar-refractivity contribution in [2.45, 2.75) is 33.3 Å². The minimum atomic E-state index is -0.527. The van der Waals surface area contributed by atoms with E-state index in [2.05, 4.69) is 15.9 Å². The van der Waals surface area contributed by atoms with Crippen LogP contribution in [0.25, 0.3) is 10.4 Å². The Bertz CT molecular complexity index is 686. The number of esters is 1. The summed E-state index contributed by atoms with van der Waals surface area (Å²) in [5, 5.41) is 0. The number of anilines is 1. The fourth-order valence-electron chi connectivity index (χ4n) is 1.78. The van der Waals surface area contributed by atoms with Crippen molar-refractivity contribution in [3.05, 3.63) is 39.2 Å². The van der Waals surface area contributed by atoms with Crippen molar-refractivity contribution in [3.63, 3.8) is 0 Å². The predicted molar refractivity (Wildman–Crippen MR) is 91.8 cm³/mol.